The van der Waals surface area contributed by atoms with E-state index in [4.69, 9.17) is 16.0 Å². The highest BCUT2D eigenvalue weighted by molar-refractivity contribution is 6.30. The molecule has 3 nitrogen and oxygen atoms in total. The maximum absolute atomic E-state index is 6.01. The molecule has 0 aliphatic carbocycles. The maximum Gasteiger partial charge on any atom is 0.118 e. The van der Waals surface area contributed by atoms with Crippen LogP contribution in [0, 0.1) is 0 Å². The van der Waals surface area contributed by atoms with Gasteiger partial charge in [-0.15, -0.1) is 0 Å². The highest BCUT2D eigenvalue weighted by Crippen LogP contribution is 2.15. The summed E-state index contributed by atoms with van der Waals surface area (Å²) in [5.41, 5.74) is 1.21. The molecule has 0 fully saturated rings. The molecule has 114 valence electrons. The smallest absolute Gasteiger partial charge is 0.118 e. The number of hydrogen-bond acceptors (Lipinski definition) is 3. The Kier molecular flexibility index (Phi) is 5.85. The predicted octanol–water partition coefficient (Wildman–Crippen LogP) is 4.06. The Morgan fingerprint density at radius 2 is 1.90 bits per heavy atom. The van der Waals surface area contributed by atoms with Gasteiger partial charge < -0.3 is 9.73 Å². The normalized spacial score (nSPS) is 11.5. The van der Waals surface area contributed by atoms with Crippen LogP contribution in [-0.2, 0) is 19.6 Å². The molecular formula is C17H23ClN2O. The molecule has 1 aromatic carbocycles. The van der Waals surface area contributed by atoms with Gasteiger partial charge in [-0.25, -0.2) is 0 Å². The summed E-state index contributed by atoms with van der Waals surface area (Å²) >= 11 is 6.01. The van der Waals surface area contributed by atoms with Gasteiger partial charge in [0, 0.05) is 17.6 Å². The number of furan rings is 1. The lowest BCUT2D eigenvalue weighted by molar-refractivity contribution is 0.282. The quantitative estimate of drug-likeness (QED) is 0.836. The third-order valence-corrected chi connectivity index (χ3v) is 3.40. The van der Waals surface area contributed by atoms with Gasteiger partial charge in [0.05, 0.1) is 13.1 Å². The second-order valence-electron chi connectivity index (χ2n) is 5.71. The molecule has 0 saturated heterocycles. The standard InChI is InChI=1S/C17H23ClN2O/c1-13(2)19-10-16-7-8-17(21-16)12-20(3)11-14-5-4-6-15(18)9-14/h4-9,13,19H,10-12H2,1-3H3. The van der Waals surface area contributed by atoms with Crippen LogP contribution in [0.3, 0.4) is 0 Å². The fourth-order valence-electron chi connectivity index (χ4n) is 2.18. The van der Waals surface area contributed by atoms with Gasteiger partial charge in [0.15, 0.2) is 0 Å². The van der Waals surface area contributed by atoms with Crippen LogP contribution in [-0.4, -0.2) is 18.0 Å². The third-order valence-electron chi connectivity index (χ3n) is 3.17. The lowest BCUT2D eigenvalue weighted by atomic mass is 10.2. The van der Waals surface area contributed by atoms with Crippen molar-refractivity contribution in [1.29, 1.82) is 0 Å². The van der Waals surface area contributed by atoms with Crippen molar-refractivity contribution in [2.24, 2.45) is 0 Å². The van der Waals surface area contributed by atoms with E-state index in [0.717, 1.165) is 36.2 Å². The van der Waals surface area contributed by atoms with Gasteiger partial charge in [-0.05, 0) is 36.9 Å². The summed E-state index contributed by atoms with van der Waals surface area (Å²) in [6.07, 6.45) is 0. The molecule has 0 spiro atoms. The Morgan fingerprint density at radius 1 is 1.14 bits per heavy atom. The first kappa shape index (κ1) is 16.1. The average Bonchev–Trinajstić information content (AvgIpc) is 2.83. The van der Waals surface area contributed by atoms with E-state index < -0.39 is 0 Å². The molecule has 0 saturated carbocycles. The largest absolute Gasteiger partial charge is 0.463 e. The van der Waals surface area contributed by atoms with E-state index in [1.807, 2.05) is 30.3 Å². The average molecular weight is 307 g/mol. The van der Waals surface area contributed by atoms with E-state index >= 15 is 0 Å². The predicted molar refractivity (Wildman–Crippen MR) is 87.3 cm³/mol. The second kappa shape index (κ2) is 7.64. The van der Waals surface area contributed by atoms with Crippen molar-refractivity contribution >= 4 is 11.6 Å². The SMILES string of the molecule is CC(C)NCc1ccc(CN(C)Cc2cccc(Cl)c2)o1. The summed E-state index contributed by atoms with van der Waals surface area (Å²) in [4.78, 5) is 2.21. The van der Waals surface area contributed by atoms with E-state index in [1.165, 1.54) is 5.56 Å². The molecule has 0 aliphatic rings. The Bertz CT molecular complexity index is 565. The second-order valence-corrected chi connectivity index (χ2v) is 6.14. The maximum atomic E-state index is 6.01. The number of benzene rings is 1. The highest BCUT2D eigenvalue weighted by Gasteiger charge is 2.07. The summed E-state index contributed by atoms with van der Waals surface area (Å²) in [5, 5.41) is 4.13. The number of nitrogens with zero attached hydrogens (tertiary/aromatic N) is 1. The number of hydrogen-bond donors (Lipinski definition) is 1. The van der Waals surface area contributed by atoms with Gasteiger partial charge in [0.1, 0.15) is 11.5 Å². The lowest BCUT2D eigenvalue weighted by Crippen LogP contribution is -2.21. The van der Waals surface area contributed by atoms with Gasteiger partial charge >= 0.3 is 0 Å². The van der Waals surface area contributed by atoms with Gasteiger partial charge in [-0.3, -0.25) is 4.90 Å². The number of halogens is 1. The minimum Gasteiger partial charge on any atom is -0.463 e. The fraction of sp³-hybridized carbons (Fsp3) is 0.412. The Morgan fingerprint density at radius 3 is 2.62 bits per heavy atom. The molecule has 0 atom stereocenters. The van der Waals surface area contributed by atoms with Crippen molar-refractivity contribution in [2.45, 2.75) is 39.5 Å². The summed E-state index contributed by atoms with van der Waals surface area (Å²) in [6, 6.07) is 12.5. The van der Waals surface area contributed by atoms with Gasteiger partial charge in [-0.1, -0.05) is 37.6 Å². The zero-order valence-electron chi connectivity index (χ0n) is 12.9. The van der Waals surface area contributed by atoms with Crippen LogP contribution < -0.4 is 5.32 Å². The number of rotatable bonds is 7. The first-order chi connectivity index (χ1) is 10.0. The molecule has 1 aromatic heterocycles. The fourth-order valence-corrected chi connectivity index (χ4v) is 2.39. The topological polar surface area (TPSA) is 28.4 Å². The summed E-state index contributed by atoms with van der Waals surface area (Å²) in [7, 11) is 2.08. The van der Waals surface area contributed by atoms with E-state index in [9.17, 15) is 0 Å². The van der Waals surface area contributed by atoms with Crippen molar-refractivity contribution in [3.05, 3.63) is 58.5 Å². The highest BCUT2D eigenvalue weighted by atomic mass is 35.5. The first-order valence-electron chi connectivity index (χ1n) is 7.27. The number of nitrogens with one attached hydrogen (secondary N) is 1. The molecule has 0 unspecified atom stereocenters. The molecule has 21 heavy (non-hydrogen) atoms. The van der Waals surface area contributed by atoms with Crippen molar-refractivity contribution in [1.82, 2.24) is 10.2 Å². The van der Waals surface area contributed by atoms with E-state index in [0.29, 0.717) is 6.04 Å². The molecule has 0 radical (unpaired) electrons. The molecule has 0 amide bonds. The summed E-state index contributed by atoms with van der Waals surface area (Å²) in [6.45, 7) is 6.66. The Balaban J connectivity index is 1.86. The molecule has 2 rings (SSSR count). The molecule has 0 bridgehead atoms. The van der Waals surface area contributed by atoms with Crippen LogP contribution in [0.15, 0.2) is 40.8 Å². The Labute approximate surface area is 131 Å². The van der Waals surface area contributed by atoms with Crippen LogP contribution in [0.2, 0.25) is 5.02 Å². The zero-order valence-corrected chi connectivity index (χ0v) is 13.7. The van der Waals surface area contributed by atoms with Crippen LogP contribution in [0.1, 0.15) is 30.9 Å². The van der Waals surface area contributed by atoms with Gasteiger partial charge in [0.25, 0.3) is 0 Å². The molecule has 2 aromatic rings. The molecule has 1 heterocycles. The van der Waals surface area contributed by atoms with Crippen LogP contribution >= 0.6 is 11.6 Å². The monoisotopic (exact) mass is 306 g/mol. The van der Waals surface area contributed by atoms with Crippen LogP contribution in [0.5, 0.6) is 0 Å². The summed E-state index contributed by atoms with van der Waals surface area (Å²) in [5.74, 6) is 1.97. The Hall–Kier alpha value is -1.29. The first-order valence-corrected chi connectivity index (χ1v) is 7.64. The van der Waals surface area contributed by atoms with Gasteiger partial charge in [0.2, 0.25) is 0 Å². The van der Waals surface area contributed by atoms with E-state index in [1.54, 1.807) is 0 Å². The minimum atomic E-state index is 0.462. The van der Waals surface area contributed by atoms with Crippen molar-refractivity contribution in [2.75, 3.05) is 7.05 Å². The van der Waals surface area contributed by atoms with Crippen molar-refractivity contribution in [3.8, 4) is 0 Å². The third kappa shape index (κ3) is 5.54. The van der Waals surface area contributed by atoms with E-state index in [-0.39, 0.29) is 0 Å². The van der Waals surface area contributed by atoms with Crippen LogP contribution in [0.25, 0.3) is 0 Å². The van der Waals surface area contributed by atoms with Gasteiger partial charge in [-0.2, -0.15) is 0 Å². The molecule has 4 heteroatoms. The van der Waals surface area contributed by atoms with E-state index in [2.05, 4.69) is 37.2 Å². The molecule has 1 N–H and O–H groups in total. The van der Waals surface area contributed by atoms with Crippen molar-refractivity contribution in [3.63, 3.8) is 0 Å². The minimum absolute atomic E-state index is 0.462. The summed E-state index contributed by atoms with van der Waals surface area (Å²) < 4.78 is 5.84. The molecule has 0 aliphatic heterocycles. The lowest BCUT2D eigenvalue weighted by Gasteiger charge is -2.15. The van der Waals surface area contributed by atoms with Crippen molar-refractivity contribution < 1.29 is 4.42 Å². The van der Waals surface area contributed by atoms with Crippen LogP contribution in [0.4, 0.5) is 0 Å². The zero-order chi connectivity index (χ0) is 15.2. The molecular weight excluding hydrogens is 284 g/mol.